The molecule has 5 rings (SSSR count). The number of hydrogen-bond acceptors (Lipinski definition) is 6. The van der Waals surface area contributed by atoms with Crippen molar-refractivity contribution in [2.24, 2.45) is 0 Å². The SMILES string of the molecule is CC(C)c1c(C(=O)Nc2ccc(COC(=O)c3ccccc3)cc2)c(-c2ccccc2)c(-c2ccc(F)cc2)n1CC[C@@H](O)C[C@@H](O)CC(=O)O. The number of carboxylic acid groups (broad SMARTS) is 1. The molecule has 0 radical (unpaired) electrons. The summed E-state index contributed by atoms with van der Waals surface area (Å²) < 4.78 is 21.6. The predicted molar refractivity (Wildman–Crippen MR) is 193 cm³/mol. The maximum absolute atomic E-state index is 14.4. The molecule has 1 amide bonds. The molecular weight excluding hydrogens is 651 g/mol. The summed E-state index contributed by atoms with van der Waals surface area (Å²) in [5.41, 5.74) is 5.52. The number of anilines is 1. The lowest BCUT2D eigenvalue weighted by atomic mass is 9.94. The van der Waals surface area contributed by atoms with E-state index in [1.165, 1.54) is 12.1 Å². The molecule has 4 N–H and O–H groups in total. The van der Waals surface area contributed by atoms with Crippen LogP contribution in [-0.2, 0) is 22.7 Å². The number of aliphatic carboxylic acids is 1. The van der Waals surface area contributed by atoms with Crippen LogP contribution in [0.3, 0.4) is 0 Å². The molecule has 264 valence electrons. The first-order valence-corrected chi connectivity index (χ1v) is 16.8. The third-order valence-electron chi connectivity index (χ3n) is 8.49. The van der Waals surface area contributed by atoms with Crippen molar-refractivity contribution in [3.05, 3.63) is 137 Å². The Balaban J connectivity index is 1.51. The van der Waals surface area contributed by atoms with Crippen LogP contribution in [0.4, 0.5) is 10.1 Å². The van der Waals surface area contributed by atoms with Crippen LogP contribution < -0.4 is 5.32 Å². The standard InChI is InChI=1S/C41H41FN2O7/c1-26(2)38-37(40(49)43-32-19-13-27(14-20-32)25-51-41(50)30-11-7-4-8-12-30)36(28-9-5-3-6-10-28)39(29-15-17-31(42)18-16-29)44(38)22-21-33(45)23-34(46)24-35(47)48/h3-20,26,33-34,45-46H,21-25H2,1-2H3,(H,43,49)(H,47,48)/t33-,34-/m1/s1. The fraction of sp³-hybridized carbons (Fsp3) is 0.244. The van der Waals surface area contributed by atoms with E-state index in [9.17, 15) is 29.0 Å². The van der Waals surface area contributed by atoms with Crippen molar-refractivity contribution in [2.75, 3.05) is 5.32 Å². The zero-order valence-corrected chi connectivity index (χ0v) is 28.5. The first kappa shape index (κ1) is 36.7. The minimum Gasteiger partial charge on any atom is -0.481 e. The molecule has 0 spiro atoms. The number of aromatic nitrogens is 1. The van der Waals surface area contributed by atoms with Crippen LogP contribution in [0.1, 0.15) is 71.0 Å². The van der Waals surface area contributed by atoms with E-state index in [0.717, 1.165) is 11.1 Å². The summed E-state index contributed by atoms with van der Waals surface area (Å²) in [7, 11) is 0. The first-order valence-electron chi connectivity index (χ1n) is 16.8. The third kappa shape index (κ3) is 9.36. The second-order valence-corrected chi connectivity index (χ2v) is 12.7. The maximum Gasteiger partial charge on any atom is 0.338 e. The van der Waals surface area contributed by atoms with Crippen LogP contribution in [-0.4, -0.2) is 49.9 Å². The zero-order chi connectivity index (χ0) is 36.5. The fourth-order valence-corrected chi connectivity index (χ4v) is 6.17. The van der Waals surface area contributed by atoms with E-state index in [2.05, 4.69) is 5.32 Å². The molecule has 9 nitrogen and oxygen atoms in total. The normalized spacial score (nSPS) is 12.4. The number of carboxylic acids is 1. The molecular formula is C41H41FN2O7. The number of rotatable bonds is 15. The van der Waals surface area contributed by atoms with Crippen molar-refractivity contribution in [2.45, 2.75) is 64.4 Å². The third-order valence-corrected chi connectivity index (χ3v) is 8.49. The van der Waals surface area contributed by atoms with Gasteiger partial charge < -0.3 is 29.9 Å². The van der Waals surface area contributed by atoms with Gasteiger partial charge in [-0.15, -0.1) is 0 Å². The molecule has 0 aliphatic carbocycles. The van der Waals surface area contributed by atoms with E-state index in [-0.39, 0.29) is 37.8 Å². The molecule has 0 saturated carbocycles. The van der Waals surface area contributed by atoms with Gasteiger partial charge in [0.15, 0.2) is 0 Å². The van der Waals surface area contributed by atoms with Crippen molar-refractivity contribution in [3.63, 3.8) is 0 Å². The minimum atomic E-state index is -1.22. The fourth-order valence-electron chi connectivity index (χ4n) is 6.17. The maximum atomic E-state index is 14.4. The van der Waals surface area contributed by atoms with Crippen LogP contribution in [0.5, 0.6) is 0 Å². The van der Waals surface area contributed by atoms with Gasteiger partial charge >= 0.3 is 11.9 Å². The Labute approximate surface area is 296 Å². The lowest BCUT2D eigenvalue weighted by molar-refractivity contribution is -0.139. The topological polar surface area (TPSA) is 138 Å². The number of aliphatic hydroxyl groups excluding tert-OH is 2. The number of amides is 1. The van der Waals surface area contributed by atoms with E-state index in [0.29, 0.717) is 39.3 Å². The molecule has 0 unspecified atom stereocenters. The van der Waals surface area contributed by atoms with E-state index in [1.807, 2.05) is 54.8 Å². The van der Waals surface area contributed by atoms with Gasteiger partial charge in [-0.05, 0) is 84.0 Å². The Morgan fingerprint density at radius 2 is 1.43 bits per heavy atom. The highest BCUT2D eigenvalue weighted by Gasteiger charge is 2.31. The summed E-state index contributed by atoms with van der Waals surface area (Å²) >= 11 is 0. The van der Waals surface area contributed by atoms with E-state index >= 15 is 0 Å². The van der Waals surface area contributed by atoms with Crippen LogP contribution in [0.2, 0.25) is 0 Å². The average Bonchev–Trinajstić information content (AvgIpc) is 3.46. The lowest BCUT2D eigenvalue weighted by Crippen LogP contribution is -2.22. The highest BCUT2D eigenvalue weighted by atomic mass is 19.1. The number of benzene rings is 4. The summed E-state index contributed by atoms with van der Waals surface area (Å²) in [6.45, 7) is 4.21. The Morgan fingerprint density at radius 1 is 0.804 bits per heavy atom. The monoisotopic (exact) mass is 692 g/mol. The molecule has 1 heterocycles. The molecule has 4 aromatic carbocycles. The Kier molecular flexibility index (Phi) is 12.2. The Bertz CT molecular complexity index is 1940. The van der Waals surface area contributed by atoms with Gasteiger partial charge in [0.2, 0.25) is 0 Å². The van der Waals surface area contributed by atoms with E-state index in [4.69, 9.17) is 9.84 Å². The molecule has 5 aromatic rings. The Hall–Kier alpha value is -5.58. The number of nitrogens with zero attached hydrogens (tertiary/aromatic N) is 1. The molecule has 0 bridgehead atoms. The van der Waals surface area contributed by atoms with Gasteiger partial charge in [0.05, 0.1) is 35.4 Å². The quantitative estimate of drug-likeness (QED) is 0.0827. The van der Waals surface area contributed by atoms with Crippen LogP contribution in [0.25, 0.3) is 22.4 Å². The summed E-state index contributed by atoms with van der Waals surface area (Å²) in [5, 5.41) is 33.1. The predicted octanol–water partition coefficient (Wildman–Crippen LogP) is 7.67. The summed E-state index contributed by atoms with van der Waals surface area (Å²) in [6, 6.07) is 31.1. The van der Waals surface area contributed by atoms with Crippen molar-refractivity contribution in [1.82, 2.24) is 4.57 Å². The van der Waals surface area contributed by atoms with Crippen molar-refractivity contribution in [1.29, 1.82) is 0 Å². The number of esters is 1. The van der Waals surface area contributed by atoms with Crippen LogP contribution in [0, 0.1) is 5.82 Å². The number of carbonyl (C=O) groups is 3. The molecule has 0 fully saturated rings. The highest BCUT2D eigenvalue weighted by molar-refractivity contribution is 6.12. The van der Waals surface area contributed by atoms with E-state index < -0.39 is 36.4 Å². The molecule has 10 heteroatoms. The number of hydrogen-bond donors (Lipinski definition) is 4. The summed E-state index contributed by atoms with van der Waals surface area (Å²) in [4.78, 5) is 37.9. The van der Waals surface area contributed by atoms with Gasteiger partial charge in [0.1, 0.15) is 12.4 Å². The van der Waals surface area contributed by atoms with Gasteiger partial charge in [0, 0.05) is 23.5 Å². The molecule has 2 atom stereocenters. The number of ether oxygens (including phenoxy) is 1. The van der Waals surface area contributed by atoms with Crippen LogP contribution >= 0.6 is 0 Å². The van der Waals surface area contributed by atoms with Gasteiger partial charge in [-0.25, -0.2) is 9.18 Å². The van der Waals surface area contributed by atoms with Crippen molar-refractivity contribution >= 4 is 23.5 Å². The van der Waals surface area contributed by atoms with Gasteiger partial charge in [-0.3, -0.25) is 9.59 Å². The largest absolute Gasteiger partial charge is 0.481 e. The van der Waals surface area contributed by atoms with Gasteiger partial charge in [0.25, 0.3) is 5.91 Å². The molecule has 51 heavy (non-hydrogen) atoms. The first-order chi connectivity index (χ1) is 24.5. The molecule has 0 aliphatic heterocycles. The number of carbonyl (C=O) groups excluding carboxylic acids is 2. The number of halogens is 1. The summed E-state index contributed by atoms with van der Waals surface area (Å²) in [5.74, 6) is -2.57. The van der Waals surface area contributed by atoms with Gasteiger partial charge in [-0.1, -0.05) is 74.5 Å². The van der Waals surface area contributed by atoms with Gasteiger partial charge in [-0.2, -0.15) is 0 Å². The average molecular weight is 693 g/mol. The highest BCUT2D eigenvalue weighted by Crippen LogP contribution is 2.42. The molecule has 0 aliphatic rings. The minimum absolute atomic E-state index is 0.0562. The number of aliphatic hydroxyl groups is 2. The van der Waals surface area contributed by atoms with Crippen LogP contribution in [0.15, 0.2) is 109 Å². The smallest absolute Gasteiger partial charge is 0.338 e. The van der Waals surface area contributed by atoms with E-state index in [1.54, 1.807) is 60.7 Å². The van der Waals surface area contributed by atoms with Crippen molar-refractivity contribution in [3.8, 4) is 22.4 Å². The second-order valence-electron chi connectivity index (χ2n) is 12.7. The zero-order valence-electron chi connectivity index (χ0n) is 28.5. The molecule has 0 saturated heterocycles. The summed E-state index contributed by atoms with van der Waals surface area (Å²) in [6.07, 6.45) is -2.69. The number of nitrogens with one attached hydrogen (secondary N) is 1. The van der Waals surface area contributed by atoms with Crippen molar-refractivity contribution < 1.29 is 38.8 Å². The second kappa shape index (κ2) is 16.9. The molecule has 1 aromatic heterocycles. The Morgan fingerprint density at radius 3 is 2.04 bits per heavy atom. The lowest BCUT2D eigenvalue weighted by Gasteiger charge is -2.20.